The fraction of sp³-hybridized carbons (Fsp3) is 0.250. The molecule has 0 unspecified atom stereocenters. The molecule has 0 aliphatic rings. The molecule has 0 bridgehead atoms. The summed E-state index contributed by atoms with van der Waals surface area (Å²) < 4.78 is 5.68. The predicted molar refractivity (Wildman–Crippen MR) is 77.2 cm³/mol. The molecule has 18 heavy (non-hydrogen) atoms. The second-order valence-electron chi connectivity index (χ2n) is 3.66. The Balaban J connectivity index is 2.18. The molecule has 0 saturated heterocycles. The van der Waals surface area contributed by atoms with E-state index in [4.69, 9.17) is 39.5 Å². The van der Waals surface area contributed by atoms with Crippen molar-refractivity contribution in [3.8, 4) is 5.75 Å². The molecule has 0 aliphatic carbocycles. The molecule has 1 aromatic heterocycles. The first-order valence-electron chi connectivity index (χ1n) is 5.18. The number of halogens is 3. The monoisotopic (exact) mass is 321 g/mol. The van der Waals surface area contributed by atoms with Gasteiger partial charge in [-0.3, -0.25) is 0 Å². The van der Waals surface area contributed by atoms with E-state index in [1.807, 2.05) is 12.3 Å². The van der Waals surface area contributed by atoms with Crippen LogP contribution in [0.4, 0.5) is 0 Å². The summed E-state index contributed by atoms with van der Waals surface area (Å²) in [6.45, 7) is 2.32. The van der Waals surface area contributed by atoms with E-state index >= 15 is 0 Å². The van der Waals surface area contributed by atoms with Gasteiger partial charge in [0.2, 0.25) is 0 Å². The van der Waals surface area contributed by atoms with Crippen LogP contribution in [0.15, 0.2) is 17.5 Å². The van der Waals surface area contributed by atoms with Gasteiger partial charge >= 0.3 is 0 Å². The first kappa shape index (κ1) is 13.9. The van der Waals surface area contributed by atoms with Crippen molar-refractivity contribution >= 4 is 46.1 Å². The van der Waals surface area contributed by atoms with E-state index in [-0.39, 0.29) is 0 Å². The maximum Gasteiger partial charge on any atom is 0.142 e. The van der Waals surface area contributed by atoms with Crippen LogP contribution in [0.2, 0.25) is 10.0 Å². The highest BCUT2D eigenvalue weighted by Crippen LogP contribution is 2.34. The molecule has 0 saturated carbocycles. The van der Waals surface area contributed by atoms with Crippen LogP contribution in [-0.2, 0) is 12.5 Å². The van der Waals surface area contributed by atoms with Crippen LogP contribution in [0.5, 0.6) is 5.75 Å². The summed E-state index contributed by atoms with van der Waals surface area (Å²) in [5.41, 5.74) is 1.66. The number of alkyl halides is 1. The minimum atomic E-state index is 0.297. The maximum atomic E-state index is 6.10. The lowest BCUT2D eigenvalue weighted by Crippen LogP contribution is -1.99. The molecule has 2 nitrogen and oxygen atoms in total. The van der Waals surface area contributed by atoms with E-state index in [1.165, 1.54) is 0 Å². The molecule has 96 valence electrons. The lowest BCUT2D eigenvalue weighted by atomic mass is 10.2. The topological polar surface area (TPSA) is 22.1 Å². The molecule has 1 heterocycles. The van der Waals surface area contributed by atoms with Crippen LogP contribution in [0.25, 0.3) is 0 Å². The zero-order chi connectivity index (χ0) is 13.1. The molecular formula is C12H10Cl3NOS. The van der Waals surface area contributed by atoms with Crippen LogP contribution < -0.4 is 4.74 Å². The van der Waals surface area contributed by atoms with Gasteiger partial charge in [0.15, 0.2) is 0 Å². The fourth-order valence-corrected chi connectivity index (χ4v) is 2.88. The third-order valence-corrected chi connectivity index (χ3v) is 3.87. The molecule has 0 amide bonds. The van der Waals surface area contributed by atoms with Crippen LogP contribution in [0.3, 0.4) is 0 Å². The Kier molecular flexibility index (Phi) is 4.73. The standard InChI is InChI=1S/C12H10Cl3NOS/c1-7-16-10(6-18-7)5-17-12-8(4-13)2-9(14)3-11(12)15/h2-3,6H,4-5H2,1H3. The number of aromatic nitrogens is 1. The SMILES string of the molecule is Cc1nc(COc2c(Cl)cc(Cl)cc2CCl)cs1. The van der Waals surface area contributed by atoms with Gasteiger partial charge in [0.05, 0.1) is 21.6 Å². The lowest BCUT2D eigenvalue weighted by molar-refractivity contribution is 0.300. The second kappa shape index (κ2) is 6.11. The number of thiazole rings is 1. The zero-order valence-electron chi connectivity index (χ0n) is 9.54. The van der Waals surface area contributed by atoms with Crippen LogP contribution in [0, 0.1) is 6.92 Å². The Hall–Kier alpha value is -0.480. The Morgan fingerprint density at radius 2 is 2.11 bits per heavy atom. The number of benzene rings is 1. The summed E-state index contributed by atoms with van der Waals surface area (Å²) >= 11 is 19.4. The number of hydrogen-bond donors (Lipinski definition) is 0. The Morgan fingerprint density at radius 3 is 2.72 bits per heavy atom. The summed E-state index contributed by atoms with van der Waals surface area (Å²) in [4.78, 5) is 4.32. The van der Waals surface area contributed by atoms with Crippen LogP contribution >= 0.6 is 46.1 Å². The second-order valence-corrected chi connectivity index (χ2v) is 5.83. The molecule has 2 rings (SSSR count). The highest BCUT2D eigenvalue weighted by atomic mass is 35.5. The van der Waals surface area contributed by atoms with Crippen molar-refractivity contribution in [1.29, 1.82) is 0 Å². The molecule has 2 aromatic rings. The minimum Gasteiger partial charge on any atom is -0.485 e. The Bertz CT molecular complexity index is 556. The van der Waals surface area contributed by atoms with E-state index in [0.29, 0.717) is 28.3 Å². The molecule has 0 radical (unpaired) electrons. The number of nitrogens with zero attached hydrogens (tertiary/aromatic N) is 1. The number of aryl methyl sites for hydroxylation is 1. The quantitative estimate of drug-likeness (QED) is 0.733. The van der Waals surface area contributed by atoms with Gasteiger partial charge < -0.3 is 4.74 Å². The van der Waals surface area contributed by atoms with E-state index in [2.05, 4.69) is 4.98 Å². The third-order valence-electron chi connectivity index (χ3n) is 2.26. The highest BCUT2D eigenvalue weighted by Gasteiger charge is 2.11. The summed E-state index contributed by atoms with van der Waals surface area (Å²) in [5.74, 6) is 0.868. The zero-order valence-corrected chi connectivity index (χ0v) is 12.6. The Morgan fingerprint density at radius 1 is 1.33 bits per heavy atom. The van der Waals surface area contributed by atoms with Gasteiger partial charge in [0.1, 0.15) is 12.4 Å². The molecular weight excluding hydrogens is 313 g/mol. The lowest BCUT2D eigenvalue weighted by Gasteiger charge is -2.11. The van der Waals surface area contributed by atoms with Crippen molar-refractivity contribution in [2.45, 2.75) is 19.4 Å². The van der Waals surface area contributed by atoms with E-state index in [1.54, 1.807) is 23.5 Å². The van der Waals surface area contributed by atoms with Gasteiger partial charge in [-0.15, -0.1) is 22.9 Å². The van der Waals surface area contributed by atoms with Gasteiger partial charge in [-0.2, -0.15) is 0 Å². The van der Waals surface area contributed by atoms with Gasteiger partial charge in [-0.05, 0) is 19.1 Å². The van der Waals surface area contributed by atoms with E-state index in [9.17, 15) is 0 Å². The average molecular weight is 323 g/mol. The minimum absolute atomic E-state index is 0.297. The summed E-state index contributed by atoms with van der Waals surface area (Å²) in [5, 5.41) is 3.98. The number of rotatable bonds is 4. The van der Waals surface area contributed by atoms with Crippen molar-refractivity contribution in [3.05, 3.63) is 43.8 Å². The first-order chi connectivity index (χ1) is 8.60. The van der Waals surface area contributed by atoms with Gasteiger partial charge in [-0.25, -0.2) is 4.98 Å². The van der Waals surface area contributed by atoms with Crippen molar-refractivity contribution < 1.29 is 4.74 Å². The number of ether oxygens (including phenoxy) is 1. The first-order valence-corrected chi connectivity index (χ1v) is 7.35. The molecule has 0 fully saturated rings. The summed E-state index contributed by atoms with van der Waals surface area (Å²) in [7, 11) is 0. The maximum absolute atomic E-state index is 6.10. The normalized spacial score (nSPS) is 10.7. The molecule has 0 N–H and O–H groups in total. The molecule has 0 aliphatic heterocycles. The van der Waals surface area contributed by atoms with Gasteiger partial charge in [-0.1, -0.05) is 23.2 Å². The summed E-state index contributed by atoms with van der Waals surface area (Å²) in [6.07, 6.45) is 0. The number of hydrogen-bond acceptors (Lipinski definition) is 3. The van der Waals surface area contributed by atoms with Crippen molar-refractivity contribution in [2.75, 3.05) is 0 Å². The molecule has 1 aromatic carbocycles. The van der Waals surface area contributed by atoms with E-state index in [0.717, 1.165) is 16.3 Å². The average Bonchev–Trinajstić information content (AvgIpc) is 2.73. The third kappa shape index (κ3) is 3.29. The van der Waals surface area contributed by atoms with Crippen molar-refractivity contribution in [1.82, 2.24) is 4.98 Å². The molecule has 0 spiro atoms. The summed E-state index contributed by atoms with van der Waals surface area (Å²) in [6, 6.07) is 3.39. The molecule has 0 atom stereocenters. The van der Waals surface area contributed by atoms with Crippen molar-refractivity contribution in [2.24, 2.45) is 0 Å². The molecule has 6 heteroatoms. The Labute approximate surface area is 124 Å². The smallest absolute Gasteiger partial charge is 0.142 e. The van der Waals surface area contributed by atoms with Crippen LogP contribution in [-0.4, -0.2) is 4.98 Å². The van der Waals surface area contributed by atoms with Crippen LogP contribution in [0.1, 0.15) is 16.3 Å². The van der Waals surface area contributed by atoms with Gasteiger partial charge in [0.25, 0.3) is 0 Å². The van der Waals surface area contributed by atoms with E-state index < -0.39 is 0 Å². The van der Waals surface area contributed by atoms with Crippen molar-refractivity contribution in [3.63, 3.8) is 0 Å². The fourth-order valence-electron chi connectivity index (χ4n) is 1.50. The highest BCUT2D eigenvalue weighted by molar-refractivity contribution is 7.09. The van der Waals surface area contributed by atoms with Gasteiger partial charge in [0, 0.05) is 16.0 Å². The largest absolute Gasteiger partial charge is 0.485 e. The predicted octanol–water partition coefficient (Wildman–Crippen LogP) is 5.08.